The normalized spacial score (nSPS) is 14.0. The van der Waals surface area contributed by atoms with Gasteiger partial charge in [0, 0.05) is 51.6 Å². The molecule has 2 aliphatic rings. The molecule has 3 aromatic carbocycles. The number of halogens is 7. The van der Waals surface area contributed by atoms with Gasteiger partial charge in [-0.3, -0.25) is 0 Å². The molecule has 0 aliphatic heterocycles. The van der Waals surface area contributed by atoms with E-state index >= 15 is 0 Å². The van der Waals surface area contributed by atoms with Gasteiger partial charge in [0.1, 0.15) is 10.0 Å². The third-order valence-corrected chi connectivity index (χ3v) is 12.8. The fourth-order valence-corrected chi connectivity index (χ4v) is 9.15. The number of benzene rings is 3. The van der Waals surface area contributed by atoms with Crippen LogP contribution in [0.2, 0.25) is 5.15 Å². The van der Waals surface area contributed by atoms with Crippen molar-refractivity contribution in [3.05, 3.63) is 119 Å². The first-order chi connectivity index (χ1) is 31.5. The fraction of sp³-hybridized carbons (Fsp3) is 0.319. The van der Waals surface area contributed by atoms with Crippen molar-refractivity contribution in [1.82, 2.24) is 34.5 Å². The molecule has 0 atom stereocenters. The van der Waals surface area contributed by atoms with Crippen molar-refractivity contribution in [3.63, 3.8) is 0 Å². The van der Waals surface area contributed by atoms with Crippen molar-refractivity contribution in [3.8, 4) is 22.5 Å². The minimum atomic E-state index is -4.24. The molecule has 3 N–H and O–H groups in total. The van der Waals surface area contributed by atoms with E-state index in [1.807, 2.05) is 80.6 Å². The van der Waals surface area contributed by atoms with E-state index < -0.39 is 25.2 Å². The Balaban J connectivity index is 0.000000182. The molecule has 4 aromatic heterocycles. The molecule has 4 heterocycles. The van der Waals surface area contributed by atoms with Crippen LogP contribution in [0.1, 0.15) is 67.2 Å². The zero-order chi connectivity index (χ0) is 46.8. The highest BCUT2D eigenvalue weighted by atomic mass is 35.5. The summed E-state index contributed by atoms with van der Waals surface area (Å²) in [7, 11) is 0. The summed E-state index contributed by atoms with van der Waals surface area (Å²) in [6, 6.07) is 25.4. The number of thiocarbonyl (C=S) groups is 2. The number of nitrogens with one attached hydrogen (secondary N) is 3. The van der Waals surface area contributed by atoms with Crippen LogP contribution in [0.5, 0.6) is 0 Å². The summed E-state index contributed by atoms with van der Waals surface area (Å²) >= 11 is 18.7. The first-order valence-electron chi connectivity index (χ1n) is 21.3. The van der Waals surface area contributed by atoms with Crippen LogP contribution in [0.3, 0.4) is 0 Å². The molecule has 0 unspecified atom stereocenters. The highest BCUT2D eigenvalue weighted by Crippen LogP contribution is 2.36. The summed E-state index contributed by atoms with van der Waals surface area (Å²) in [4.78, 5) is 11.6. The first-order valence-corrected chi connectivity index (χ1v) is 23.3. The number of hydrogen-bond acceptors (Lipinski definition) is 9. The largest absolute Gasteiger partial charge is 0.390 e. The van der Waals surface area contributed by atoms with Crippen LogP contribution < -0.4 is 16.0 Å². The predicted molar refractivity (Wildman–Crippen MR) is 257 cm³/mol. The van der Waals surface area contributed by atoms with E-state index in [1.54, 1.807) is 27.5 Å². The lowest BCUT2D eigenvalue weighted by atomic mass is 9.99. The van der Waals surface area contributed by atoms with Crippen molar-refractivity contribution in [2.45, 2.75) is 87.1 Å². The monoisotopic (exact) mass is 979 g/mol. The molecule has 0 saturated heterocycles. The zero-order valence-electron chi connectivity index (χ0n) is 35.7. The Kier molecular flexibility index (Phi) is 14.2. The molecule has 0 spiro atoms. The number of alkyl halides is 6. The predicted octanol–water partition coefficient (Wildman–Crippen LogP) is 12.9. The van der Waals surface area contributed by atoms with Crippen molar-refractivity contribution in [2.75, 3.05) is 23.7 Å². The van der Waals surface area contributed by atoms with Gasteiger partial charge in [0.25, 0.3) is 0 Å². The van der Waals surface area contributed by atoms with Crippen molar-refractivity contribution >= 4 is 80.3 Å². The highest BCUT2D eigenvalue weighted by Gasteiger charge is 2.28. The minimum Gasteiger partial charge on any atom is -0.382 e. The molecule has 0 bridgehead atoms. The van der Waals surface area contributed by atoms with E-state index in [1.165, 1.54) is 30.7 Å². The standard InChI is InChI=1S/C26H24F3N5S2.C21H20ClF3N4S/c1-16-13-17(7-10-20(16)25(35)32-18-8-9-18)22-15-31-24-21(30-12-11-26(27,28)29)14-23(33-34(22)24)36-19-5-3-2-4-6-19;1-12-8-14(4-5-15(12)18(30)9-13-2-3-13)17-11-27-20-16(10-19(22)28-29(17)20)26-7-6-21(23,24)25/h2-7,10,13-15,18,30H,8-9,11-12H2,1H3,(H,32,35);4-5,8,10-11,13,26H,2-3,6-7,9H2,1H3. The van der Waals surface area contributed by atoms with E-state index in [0.717, 1.165) is 79.0 Å². The number of fused-ring (bicyclic) bond motifs is 2. The van der Waals surface area contributed by atoms with Crippen LogP contribution in [0.25, 0.3) is 33.8 Å². The van der Waals surface area contributed by atoms with Gasteiger partial charge in [0.05, 0.1) is 48.0 Å². The lowest BCUT2D eigenvalue weighted by Gasteiger charge is -2.13. The van der Waals surface area contributed by atoms with Gasteiger partial charge >= 0.3 is 12.4 Å². The molecule has 2 saturated carbocycles. The third kappa shape index (κ3) is 12.2. The smallest absolute Gasteiger partial charge is 0.382 e. The number of hydrogen-bond donors (Lipinski definition) is 3. The molecular weight excluding hydrogens is 936 g/mol. The van der Waals surface area contributed by atoms with Gasteiger partial charge < -0.3 is 16.0 Å². The van der Waals surface area contributed by atoms with Crippen molar-refractivity contribution in [1.29, 1.82) is 0 Å². The molecule has 344 valence electrons. The molecule has 0 amide bonds. The Morgan fingerprint density at radius 3 is 1.79 bits per heavy atom. The quantitative estimate of drug-likeness (QED) is 0.0524. The fourth-order valence-electron chi connectivity index (χ4n) is 7.27. The molecule has 7 aromatic rings. The molecule has 19 heteroatoms. The number of nitrogens with zero attached hydrogens (tertiary/aromatic N) is 6. The summed E-state index contributed by atoms with van der Waals surface area (Å²) in [5, 5.41) is 18.9. The SMILES string of the molecule is Cc1cc(-c2cnc3c(NCCC(F)(F)F)cc(Cl)nn23)ccc1C(=S)CC1CC1.Cc1cc(-c2cnc3c(NCCC(F)(F)F)cc(Sc4ccccc4)nn23)ccc1C(=S)NC1CC1. The molecule has 2 aliphatic carbocycles. The van der Waals surface area contributed by atoms with Crippen LogP contribution in [-0.2, 0) is 0 Å². The summed E-state index contributed by atoms with van der Waals surface area (Å²) in [6.07, 6.45) is -1.27. The van der Waals surface area contributed by atoms with E-state index in [-0.39, 0.29) is 18.2 Å². The van der Waals surface area contributed by atoms with Gasteiger partial charge in [-0.1, -0.05) is 90.3 Å². The molecule has 9 nitrogen and oxygen atoms in total. The van der Waals surface area contributed by atoms with Gasteiger partial charge in [-0.15, -0.1) is 0 Å². The molecule has 2 fully saturated rings. The first kappa shape index (κ1) is 47.2. The summed E-state index contributed by atoms with van der Waals surface area (Å²) in [5.74, 6) is 0.727. The Hall–Kier alpha value is -5.30. The van der Waals surface area contributed by atoms with E-state index in [4.69, 9.17) is 41.1 Å². The van der Waals surface area contributed by atoms with E-state index in [0.29, 0.717) is 39.4 Å². The zero-order valence-corrected chi connectivity index (χ0v) is 38.9. The van der Waals surface area contributed by atoms with E-state index in [2.05, 4.69) is 31.0 Å². The molecule has 9 rings (SSSR count). The Bertz CT molecular complexity index is 2890. The topological polar surface area (TPSA) is 96.5 Å². The van der Waals surface area contributed by atoms with Crippen molar-refractivity contribution < 1.29 is 26.3 Å². The Morgan fingerprint density at radius 2 is 1.26 bits per heavy atom. The van der Waals surface area contributed by atoms with Crippen LogP contribution in [-0.4, -0.2) is 70.5 Å². The maximum absolute atomic E-state index is 12.8. The van der Waals surface area contributed by atoms with Gasteiger partial charge in [0.2, 0.25) is 0 Å². The summed E-state index contributed by atoms with van der Waals surface area (Å²) < 4.78 is 79.0. The number of rotatable bonds is 15. The number of aromatic nitrogens is 6. The maximum Gasteiger partial charge on any atom is 0.390 e. The average molecular weight is 981 g/mol. The number of aryl methyl sites for hydroxylation is 2. The second kappa shape index (κ2) is 19.9. The average Bonchev–Trinajstić information content (AvgIpc) is 4.17. The molecule has 66 heavy (non-hydrogen) atoms. The Labute approximate surface area is 397 Å². The van der Waals surface area contributed by atoms with Gasteiger partial charge in [0.15, 0.2) is 16.4 Å². The molecular formula is C47H44ClF6N9S3. The van der Waals surface area contributed by atoms with Gasteiger partial charge in [-0.25, -0.2) is 19.0 Å². The number of anilines is 2. The van der Waals surface area contributed by atoms with Crippen LogP contribution in [0.4, 0.5) is 37.7 Å². The third-order valence-electron chi connectivity index (χ3n) is 11.0. The highest BCUT2D eigenvalue weighted by molar-refractivity contribution is 7.99. The summed E-state index contributed by atoms with van der Waals surface area (Å²) in [5.41, 5.74) is 9.18. The maximum atomic E-state index is 12.8. The second-order valence-electron chi connectivity index (χ2n) is 16.4. The molecule has 0 radical (unpaired) electrons. The summed E-state index contributed by atoms with van der Waals surface area (Å²) in [6.45, 7) is 3.51. The minimum absolute atomic E-state index is 0.162. The van der Waals surface area contributed by atoms with Gasteiger partial charge in [-0.2, -0.15) is 36.5 Å². The van der Waals surface area contributed by atoms with E-state index in [9.17, 15) is 26.3 Å². The van der Waals surface area contributed by atoms with Crippen LogP contribution >= 0.6 is 47.8 Å². The van der Waals surface area contributed by atoms with Crippen LogP contribution in [0, 0.1) is 19.8 Å². The lowest BCUT2D eigenvalue weighted by molar-refractivity contribution is -0.132. The second-order valence-corrected chi connectivity index (χ2v) is 18.8. The van der Waals surface area contributed by atoms with Crippen molar-refractivity contribution in [2.24, 2.45) is 5.92 Å². The Morgan fingerprint density at radius 1 is 0.712 bits per heavy atom. The number of imidazole rings is 2. The lowest BCUT2D eigenvalue weighted by Crippen LogP contribution is -2.25. The van der Waals surface area contributed by atoms with Gasteiger partial charge in [-0.05, 0) is 98.9 Å². The van der Waals surface area contributed by atoms with Crippen LogP contribution in [0.15, 0.2) is 101 Å².